The quantitative estimate of drug-likeness (QED) is 0.606. The number of alkyl halides is 3. The number of hydrogen-bond acceptors (Lipinski definition) is 4. The Balaban J connectivity index is 1.79. The number of amides is 2. The summed E-state index contributed by atoms with van der Waals surface area (Å²) in [7, 11) is 0. The highest BCUT2D eigenvalue weighted by Gasteiger charge is 2.67. The molecule has 1 aliphatic heterocycles. The molecule has 4 rings (SSSR count). The predicted octanol–water partition coefficient (Wildman–Crippen LogP) is 3.90. The molecular formula is C22H15F4N3O3. The molecule has 3 aromatic rings. The molecule has 0 bridgehead atoms. The van der Waals surface area contributed by atoms with Gasteiger partial charge in [-0.1, -0.05) is 30.3 Å². The van der Waals surface area contributed by atoms with E-state index in [2.05, 4.69) is 4.99 Å². The minimum atomic E-state index is -5.27. The number of carbonyl (C=O) groups is 2. The third-order valence-corrected chi connectivity index (χ3v) is 4.82. The van der Waals surface area contributed by atoms with Crippen molar-refractivity contribution >= 4 is 17.6 Å². The molecular weight excluding hydrogens is 430 g/mol. The van der Waals surface area contributed by atoms with Crippen molar-refractivity contribution < 1.29 is 31.6 Å². The third kappa shape index (κ3) is 3.75. The lowest BCUT2D eigenvalue weighted by atomic mass is 10.1. The number of hydrogen-bond donors (Lipinski definition) is 1. The van der Waals surface area contributed by atoms with E-state index in [1.807, 2.05) is 0 Å². The summed E-state index contributed by atoms with van der Waals surface area (Å²) in [5, 5.41) is 1.73. The lowest BCUT2D eigenvalue weighted by molar-refractivity contribution is -0.196. The Bertz CT molecular complexity index is 1160. The average molecular weight is 445 g/mol. The van der Waals surface area contributed by atoms with Gasteiger partial charge in [-0.3, -0.25) is 14.5 Å². The summed E-state index contributed by atoms with van der Waals surface area (Å²) in [6, 6.07) is 14.7. The fraction of sp³-hybridized carbons (Fsp3) is 0.136. The second kappa shape index (κ2) is 7.95. The summed E-state index contributed by atoms with van der Waals surface area (Å²) in [5.74, 6) is -3.44. The van der Waals surface area contributed by atoms with Gasteiger partial charge < -0.3 is 9.73 Å². The highest BCUT2D eigenvalue weighted by atomic mass is 19.4. The van der Waals surface area contributed by atoms with Crippen LogP contribution < -0.4 is 5.32 Å². The summed E-state index contributed by atoms with van der Waals surface area (Å²) in [5.41, 5.74) is -3.57. The van der Waals surface area contributed by atoms with Crippen LogP contribution in [0.5, 0.6) is 0 Å². The van der Waals surface area contributed by atoms with Crippen LogP contribution in [-0.2, 0) is 11.3 Å². The number of carbonyl (C=O) groups excluding carboxylic acids is 2. The van der Waals surface area contributed by atoms with Crippen molar-refractivity contribution in [3.05, 3.63) is 95.7 Å². The van der Waals surface area contributed by atoms with Crippen molar-refractivity contribution in [1.82, 2.24) is 10.2 Å². The van der Waals surface area contributed by atoms with Gasteiger partial charge in [0.25, 0.3) is 11.8 Å². The van der Waals surface area contributed by atoms with Crippen LogP contribution >= 0.6 is 0 Å². The summed E-state index contributed by atoms with van der Waals surface area (Å²) in [6.07, 6.45) is -3.94. The maximum Gasteiger partial charge on any atom is 0.442 e. The Kier molecular flexibility index (Phi) is 5.29. The lowest BCUT2D eigenvalue weighted by Gasteiger charge is -2.29. The number of halogens is 4. The first kappa shape index (κ1) is 21.3. The van der Waals surface area contributed by atoms with E-state index in [1.54, 1.807) is 23.5 Å². The van der Waals surface area contributed by atoms with E-state index in [1.165, 1.54) is 30.5 Å². The zero-order valence-electron chi connectivity index (χ0n) is 16.3. The molecule has 1 atom stereocenters. The number of nitrogens with one attached hydrogen (secondary N) is 1. The van der Waals surface area contributed by atoms with Crippen molar-refractivity contribution in [2.24, 2.45) is 4.99 Å². The molecule has 1 aromatic heterocycles. The molecule has 2 aromatic carbocycles. The molecule has 1 aliphatic rings. The highest BCUT2D eigenvalue weighted by Crippen LogP contribution is 2.39. The Hall–Kier alpha value is -3.95. The minimum Gasteiger partial charge on any atom is -0.467 e. The standard InChI is InChI=1S/C22H15F4N3O3/c23-16-10-8-15(9-11-16)19(30)28-21(22(24,25)26)20(31)29(13-17-7-4-12-32-17)18(27-21)14-5-2-1-3-6-14/h1-12H,13H2,(H,28,30)/t21-/m1/s1. The highest BCUT2D eigenvalue weighted by molar-refractivity contribution is 6.16. The van der Waals surface area contributed by atoms with Crippen molar-refractivity contribution in [3.63, 3.8) is 0 Å². The topological polar surface area (TPSA) is 74.9 Å². The van der Waals surface area contributed by atoms with Gasteiger partial charge in [0.05, 0.1) is 12.8 Å². The second-order valence-electron chi connectivity index (χ2n) is 6.94. The summed E-state index contributed by atoms with van der Waals surface area (Å²) in [6.45, 7) is -0.330. The van der Waals surface area contributed by atoms with Crippen LogP contribution in [0.15, 0.2) is 82.4 Å². The molecule has 0 saturated heterocycles. The number of rotatable bonds is 5. The Morgan fingerprint density at radius 3 is 2.31 bits per heavy atom. The number of furan rings is 1. The van der Waals surface area contributed by atoms with E-state index < -0.39 is 29.5 Å². The smallest absolute Gasteiger partial charge is 0.442 e. The van der Waals surface area contributed by atoms with Crippen molar-refractivity contribution in [3.8, 4) is 0 Å². The number of amidine groups is 1. The monoisotopic (exact) mass is 445 g/mol. The van der Waals surface area contributed by atoms with E-state index in [-0.39, 0.29) is 29.3 Å². The van der Waals surface area contributed by atoms with Gasteiger partial charge in [-0.15, -0.1) is 0 Å². The van der Waals surface area contributed by atoms with Gasteiger partial charge in [0.2, 0.25) is 0 Å². The van der Waals surface area contributed by atoms with Gasteiger partial charge in [0.15, 0.2) is 0 Å². The van der Waals surface area contributed by atoms with Crippen LogP contribution in [0.25, 0.3) is 0 Å². The average Bonchev–Trinajstić information content (AvgIpc) is 3.37. The zero-order valence-corrected chi connectivity index (χ0v) is 16.3. The summed E-state index contributed by atoms with van der Waals surface area (Å²) < 4.78 is 61.2. The third-order valence-electron chi connectivity index (χ3n) is 4.82. The largest absolute Gasteiger partial charge is 0.467 e. The van der Waals surface area contributed by atoms with Crippen molar-refractivity contribution in [2.45, 2.75) is 18.4 Å². The Morgan fingerprint density at radius 2 is 1.72 bits per heavy atom. The number of nitrogens with zero attached hydrogens (tertiary/aromatic N) is 2. The second-order valence-corrected chi connectivity index (χ2v) is 6.94. The van der Waals surface area contributed by atoms with E-state index in [4.69, 9.17) is 4.42 Å². The molecule has 0 spiro atoms. The van der Waals surface area contributed by atoms with Crippen LogP contribution in [0.1, 0.15) is 21.7 Å². The molecule has 0 fully saturated rings. The fourth-order valence-electron chi connectivity index (χ4n) is 3.25. The first-order valence-electron chi connectivity index (χ1n) is 9.36. The minimum absolute atomic E-state index is 0.227. The summed E-state index contributed by atoms with van der Waals surface area (Å²) in [4.78, 5) is 30.3. The van der Waals surface area contributed by atoms with Crippen LogP contribution in [0.3, 0.4) is 0 Å². The Morgan fingerprint density at radius 1 is 1.03 bits per heavy atom. The molecule has 2 heterocycles. The maximum atomic E-state index is 14.3. The molecule has 1 N–H and O–H groups in total. The maximum absolute atomic E-state index is 14.3. The van der Waals surface area contributed by atoms with Gasteiger partial charge >= 0.3 is 11.8 Å². The van der Waals surface area contributed by atoms with Gasteiger partial charge in [-0.2, -0.15) is 13.2 Å². The van der Waals surface area contributed by atoms with Crippen LogP contribution in [0.4, 0.5) is 17.6 Å². The van der Waals surface area contributed by atoms with Gasteiger partial charge in [-0.05, 0) is 36.4 Å². The van der Waals surface area contributed by atoms with E-state index in [0.29, 0.717) is 0 Å². The lowest BCUT2D eigenvalue weighted by Crippen LogP contribution is -2.63. The van der Waals surface area contributed by atoms with Gasteiger partial charge in [0.1, 0.15) is 17.4 Å². The molecule has 0 radical (unpaired) electrons. The van der Waals surface area contributed by atoms with Crippen molar-refractivity contribution in [2.75, 3.05) is 0 Å². The van der Waals surface area contributed by atoms with E-state index >= 15 is 0 Å². The van der Waals surface area contributed by atoms with Crippen LogP contribution in [0, 0.1) is 5.82 Å². The summed E-state index contributed by atoms with van der Waals surface area (Å²) >= 11 is 0. The zero-order chi connectivity index (χ0) is 22.9. The molecule has 0 saturated carbocycles. The van der Waals surface area contributed by atoms with Crippen LogP contribution in [-0.4, -0.2) is 34.4 Å². The predicted molar refractivity (Wildman–Crippen MR) is 105 cm³/mol. The number of aliphatic imine (C=N–C) groups is 1. The van der Waals surface area contributed by atoms with Crippen LogP contribution in [0.2, 0.25) is 0 Å². The molecule has 164 valence electrons. The fourth-order valence-corrected chi connectivity index (χ4v) is 3.25. The number of benzene rings is 2. The van der Waals surface area contributed by atoms with E-state index in [0.717, 1.165) is 29.2 Å². The molecule has 0 aliphatic carbocycles. The normalized spacial score (nSPS) is 18.6. The first-order valence-corrected chi connectivity index (χ1v) is 9.36. The van der Waals surface area contributed by atoms with Gasteiger partial charge in [-0.25, -0.2) is 9.38 Å². The van der Waals surface area contributed by atoms with Gasteiger partial charge in [0, 0.05) is 11.1 Å². The molecule has 0 unspecified atom stereocenters. The molecule has 10 heteroatoms. The van der Waals surface area contributed by atoms with Crippen molar-refractivity contribution in [1.29, 1.82) is 0 Å². The molecule has 32 heavy (non-hydrogen) atoms. The first-order chi connectivity index (χ1) is 15.2. The Labute approximate surface area is 179 Å². The van der Waals surface area contributed by atoms with E-state index in [9.17, 15) is 27.2 Å². The molecule has 6 nitrogen and oxygen atoms in total. The molecule has 2 amide bonds. The SMILES string of the molecule is O=C(N[C@]1(C(F)(F)F)N=C(c2ccccc2)N(Cc2ccco2)C1=O)c1ccc(F)cc1.